The zero-order valence-electron chi connectivity index (χ0n) is 16.5. The van der Waals surface area contributed by atoms with Gasteiger partial charge in [-0.25, -0.2) is 13.4 Å². The van der Waals surface area contributed by atoms with E-state index in [1.54, 1.807) is 37.6 Å². The number of aryl methyl sites for hydroxylation is 1. The number of sulfone groups is 1. The first-order valence-corrected chi connectivity index (χ1v) is 11.0. The summed E-state index contributed by atoms with van der Waals surface area (Å²) in [7, 11) is 0.336. The number of aromatic nitrogens is 2. The number of hydrogen-bond acceptors (Lipinski definition) is 5. The fourth-order valence-electron chi connectivity index (χ4n) is 3.02. The van der Waals surface area contributed by atoms with Crippen LogP contribution in [0.15, 0.2) is 60.9 Å². The molecule has 0 bridgehead atoms. The van der Waals surface area contributed by atoms with E-state index in [4.69, 9.17) is 4.74 Å². The largest absolute Gasteiger partial charge is 0.497 e. The van der Waals surface area contributed by atoms with Gasteiger partial charge in [-0.3, -0.25) is 4.79 Å². The first-order valence-electron chi connectivity index (χ1n) is 8.95. The number of hydrogen-bond donors (Lipinski definition) is 1. The van der Waals surface area contributed by atoms with Gasteiger partial charge in [0.1, 0.15) is 17.6 Å². The second-order valence-electron chi connectivity index (χ2n) is 6.84. The van der Waals surface area contributed by atoms with Crippen molar-refractivity contribution < 1.29 is 17.9 Å². The van der Waals surface area contributed by atoms with Gasteiger partial charge in [0.15, 0.2) is 9.84 Å². The van der Waals surface area contributed by atoms with Crippen molar-refractivity contribution in [1.82, 2.24) is 14.9 Å². The van der Waals surface area contributed by atoms with Crippen molar-refractivity contribution >= 4 is 15.7 Å². The first kappa shape index (κ1) is 20.6. The fraction of sp³-hybridized carbons (Fsp3) is 0.238. The molecule has 7 nitrogen and oxygen atoms in total. The maximum atomic E-state index is 12.9. The third kappa shape index (κ3) is 5.23. The number of methoxy groups -OCH3 is 1. The maximum absolute atomic E-state index is 12.9. The lowest BCUT2D eigenvalue weighted by molar-refractivity contribution is 0.0941. The number of rotatable bonds is 7. The van der Waals surface area contributed by atoms with Crippen LogP contribution in [-0.4, -0.2) is 37.2 Å². The molecule has 29 heavy (non-hydrogen) atoms. The van der Waals surface area contributed by atoms with Crippen molar-refractivity contribution in [2.75, 3.05) is 13.4 Å². The Morgan fingerprint density at radius 3 is 2.31 bits per heavy atom. The summed E-state index contributed by atoms with van der Waals surface area (Å²) in [6, 6.07) is 13.5. The molecule has 0 aliphatic carbocycles. The molecule has 0 fully saturated rings. The number of imidazole rings is 1. The smallest absolute Gasteiger partial charge is 0.252 e. The molecule has 0 saturated heterocycles. The van der Waals surface area contributed by atoms with E-state index < -0.39 is 15.9 Å². The van der Waals surface area contributed by atoms with Gasteiger partial charge in [0.05, 0.1) is 12.9 Å². The highest BCUT2D eigenvalue weighted by Crippen LogP contribution is 2.23. The molecule has 1 aromatic heterocycles. The van der Waals surface area contributed by atoms with Gasteiger partial charge in [0, 0.05) is 31.3 Å². The number of nitrogens with zero attached hydrogens (tertiary/aromatic N) is 2. The Morgan fingerprint density at radius 2 is 1.79 bits per heavy atom. The SMILES string of the molecule is COc1ccc([C@@H](NC(=O)c2ccc(CS(C)(=O)=O)cc2)c2nccn2C)cc1. The Bertz CT molecular complexity index is 1090. The number of benzene rings is 2. The van der Waals surface area contributed by atoms with Crippen LogP contribution in [0.5, 0.6) is 5.75 Å². The Kier molecular flexibility index (Phi) is 6.03. The van der Waals surface area contributed by atoms with Crippen molar-refractivity contribution in [1.29, 1.82) is 0 Å². The van der Waals surface area contributed by atoms with Crippen LogP contribution >= 0.6 is 0 Å². The van der Waals surface area contributed by atoms with Gasteiger partial charge in [-0.05, 0) is 35.4 Å². The molecule has 0 radical (unpaired) electrons. The van der Waals surface area contributed by atoms with Crippen LogP contribution in [-0.2, 0) is 22.6 Å². The highest BCUT2D eigenvalue weighted by atomic mass is 32.2. The molecule has 0 spiro atoms. The zero-order chi connectivity index (χ0) is 21.0. The highest BCUT2D eigenvalue weighted by Gasteiger charge is 2.21. The maximum Gasteiger partial charge on any atom is 0.252 e. The van der Waals surface area contributed by atoms with Crippen LogP contribution in [0.25, 0.3) is 0 Å². The number of carbonyl (C=O) groups excluding carboxylic acids is 1. The molecule has 0 aliphatic rings. The normalized spacial score (nSPS) is 12.4. The van der Waals surface area contributed by atoms with Gasteiger partial charge in [-0.15, -0.1) is 0 Å². The van der Waals surface area contributed by atoms with Crippen LogP contribution in [0.4, 0.5) is 0 Å². The summed E-state index contributed by atoms with van der Waals surface area (Å²) >= 11 is 0. The second kappa shape index (κ2) is 8.48. The lowest BCUT2D eigenvalue weighted by atomic mass is 10.0. The third-order valence-electron chi connectivity index (χ3n) is 4.49. The predicted octanol–water partition coefficient (Wildman–Crippen LogP) is 2.49. The minimum atomic E-state index is -3.13. The molecule has 1 N–H and O–H groups in total. The molecule has 8 heteroatoms. The molecule has 3 aromatic rings. The van der Waals surface area contributed by atoms with Gasteiger partial charge >= 0.3 is 0 Å². The molecule has 1 heterocycles. The van der Waals surface area contributed by atoms with Crippen molar-refractivity contribution in [2.24, 2.45) is 7.05 Å². The summed E-state index contributed by atoms with van der Waals surface area (Å²) in [4.78, 5) is 17.2. The van der Waals surface area contributed by atoms with E-state index >= 15 is 0 Å². The van der Waals surface area contributed by atoms with E-state index in [9.17, 15) is 13.2 Å². The quantitative estimate of drug-likeness (QED) is 0.643. The first-order chi connectivity index (χ1) is 13.8. The van der Waals surface area contributed by atoms with Crippen molar-refractivity contribution in [2.45, 2.75) is 11.8 Å². The number of nitrogens with one attached hydrogen (secondary N) is 1. The Labute approximate surface area is 170 Å². The molecule has 152 valence electrons. The Morgan fingerprint density at radius 1 is 1.14 bits per heavy atom. The monoisotopic (exact) mass is 413 g/mol. The van der Waals surface area contributed by atoms with E-state index in [2.05, 4.69) is 10.3 Å². The summed E-state index contributed by atoms with van der Waals surface area (Å²) in [6.45, 7) is 0. The lowest BCUT2D eigenvalue weighted by Crippen LogP contribution is -2.31. The van der Waals surface area contributed by atoms with E-state index in [0.29, 0.717) is 17.0 Å². The molecular weight excluding hydrogens is 390 g/mol. The second-order valence-corrected chi connectivity index (χ2v) is 8.98. The molecule has 1 atom stereocenters. The van der Waals surface area contributed by atoms with Crippen LogP contribution < -0.4 is 10.1 Å². The zero-order valence-corrected chi connectivity index (χ0v) is 17.3. The standard InChI is InChI=1S/C21H23N3O4S/c1-24-13-12-22-20(24)19(16-8-10-18(28-2)11-9-16)23-21(25)17-6-4-15(5-7-17)14-29(3,26)27/h4-13,19H,14H2,1-3H3,(H,23,25)/t19-/m1/s1. The van der Waals surface area contributed by atoms with Crippen molar-refractivity contribution in [3.8, 4) is 5.75 Å². The van der Waals surface area contributed by atoms with Gasteiger partial charge in [0.2, 0.25) is 0 Å². The molecule has 1 amide bonds. The van der Waals surface area contributed by atoms with Gasteiger partial charge in [0.25, 0.3) is 5.91 Å². The third-order valence-corrected chi connectivity index (χ3v) is 5.34. The highest BCUT2D eigenvalue weighted by molar-refractivity contribution is 7.89. The number of carbonyl (C=O) groups is 1. The van der Waals surface area contributed by atoms with E-state index in [-0.39, 0.29) is 11.7 Å². The number of ether oxygens (including phenoxy) is 1. The summed E-state index contributed by atoms with van der Waals surface area (Å²) < 4.78 is 29.9. The Balaban J connectivity index is 1.85. The van der Waals surface area contributed by atoms with E-state index in [1.807, 2.05) is 42.1 Å². The molecule has 2 aromatic carbocycles. The number of amides is 1. The minimum Gasteiger partial charge on any atom is -0.497 e. The van der Waals surface area contributed by atoms with Crippen molar-refractivity contribution in [3.63, 3.8) is 0 Å². The van der Waals surface area contributed by atoms with Crippen molar-refractivity contribution in [3.05, 3.63) is 83.4 Å². The summed E-state index contributed by atoms with van der Waals surface area (Å²) in [6.07, 6.45) is 4.68. The summed E-state index contributed by atoms with van der Waals surface area (Å²) in [5, 5.41) is 3.02. The van der Waals surface area contributed by atoms with Crippen LogP contribution in [0.3, 0.4) is 0 Å². The van der Waals surface area contributed by atoms with Crippen LogP contribution in [0.2, 0.25) is 0 Å². The summed E-state index contributed by atoms with van der Waals surface area (Å²) in [5.74, 6) is 1.08. The summed E-state index contributed by atoms with van der Waals surface area (Å²) in [5.41, 5.74) is 1.94. The molecular formula is C21H23N3O4S. The average molecular weight is 413 g/mol. The predicted molar refractivity (Wildman–Crippen MR) is 111 cm³/mol. The average Bonchev–Trinajstić information content (AvgIpc) is 3.11. The molecule has 3 rings (SSSR count). The molecule has 0 unspecified atom stereocenters. The topological polar surface area (TPSA) is 90.3 Å². The Hall–Kier alpha value is -3.13. The minimum absolute atomic E-state index is 0.0589. The van der Waals surface area contributed by atoms with E-state index in [1.165, 1.54) is 6.26 Å². The van der Waals surface area contributed by atoms with Gasteiger partial charge < -0.3 is 14.6 Å². The van der Waals surface area contributed by atoms with Crippen LogP contribution in [0, 0.1) is 0 Å². The molecule has 0 aliphatic heterocycles. The van der Waals surface area contributed by atoms with Gasteiger partial charge in [-0.1, -0.05) is 24.3 Å². The fourth-order valence-corrected chi connectivity index (χ4v) is 3.82. The van der Waals surface area contributed by atoms with Gasteiger partial charge in [-0.2, -0.15) is 0 Å². The molecule has 0 saturated carbocycles. The van der Waals surface area contributed by atoms with E-state index in [0.717, 1.165) is 11.3 Å². The lowest BCUT2D eigenvalue weighted by Gasteiger charge is -2.19. The van der Waals surface area contributed by atoms with Crippen LogP contribution in [0.1, 0.15) is 33.4 Å².